The molecule has 1 N–H and O–H groups in total. The highest BCUT2D eigenvalue weighted by molar-refractivity contribution is 7.11. The summed E-state index contributed by atoms with van der Waals surface area (Å²) in [6, 6.07) is 0.338. The predicted molar refractivity (Wildman–Crippen MR) is 83.7 cm³/mol. The molecule has 0 radical (unpaired) electrons. The van der Waals surface area contributed by atoms with Crippen LogP contribution in [0.4, 0.5) is 0 Å². The van der Waals surface area contributed by atoms with Crippen LogP contribution in [-0.2, 0) is 6.42 Å². The van der Waals surface area contributed by atoms with Crippen LogP contribution in [-0.4, -0.2) is 16.7 Å². The summed E-state index contributed by atoms with van der Waals surface area (Å²) in [5.74, 6) is 0. The summed E-state index contributed by atoms with van der Waals surface area (Å²) in [5.41, 5.74) is 0. The lowest BCUT2D eigenvalue weighted by Crippen LogP contribution is -2.17. The molecule has 0 bridgehead atoms. The number of hydrogen-bond acceptors (Lipinski definition) is 4. The Morgan fingerprint density at radius 3 is 2.37 bits per heavy atom. The molecule has 0 saturated heterocycles. The summed E-state index contributed by atoms with van der Waals surface area (Å²) in [6.45, 7) is 7.52. The van der Waals surface area contributed by atoms with E-state index >= 15 is 0 Å². The first-order chi connectivity index (χ1) is 9.27. The van der Waals surface area contributed by atoms with E-state index in [0.29, 0.717) is 6.04 Å². The first-order valence-electron chi connectivity index (χ1n) is 7.83. The quantitative estimate of drug-likeness (QED) is 0.608. The summed E-state index contributed by atoms with van der Waals surface area (Å²) in [6.07, 6.45) is 10.6. The van der Waals surface area contributed by atoms with Gasteiger partial charge in [-0.15, -0.1) is 10.2 Å². The zero-order valence-corrected chi connectivity index (χ0v) is 13.6. The van der Waals surface area contributed by atoms with E-state index < -0.39 is 0 Å². The number of nitrogens with one attached hydrogen (secondary N) is 1. The molecule has 1 rings (SSSR count). The molecule has 1 unspecified atom stereocenters. The van der Waals surface area contributed by atoms with Crippen LogP contribution >= 0.6 is 11.3 Å². The predicted octanol–water partition coefficient (Wildman–Crippen LogP) is 4.50. The Morgan fingerprint density at radius 1 is 1.00 bits per heavy atom. The monoisotopic (exact) mass is 283 g/mol. The average molecular weight is 283 g/mol. The van der Waals surface area contributed by atoms with Gasteiger partial charge in [0.05, 0.1) is 6.04 Å². The summed E-state index contributed by atoms with van der Waals surface area (Å²) in [7, 11) is 0. The van der Waals surface area contributed by atoms with Gasteiger partial charge in [-0.3, -0.25) is 0 Å². The van der Waals surface area contributed by atoms with Gasteiger partial charge >= 0.3 is 0 Å². The molecule has 3 nitrogen and oxygen atoms in total. The van der Waals surface area contributed by atoms with Gasteiger partial charge in [-0.25, -0.2) is 0 Å². The van der Waals surface area contributed by atoms with E-state index in [9.17, 15) is 0 Å². The van der Waals surface area contributed by atoms with Crippen molar-refractivity contribution in [1.29, 1.82) is 0 Å². The second kappa shape index (κ2) is 10.3. The molecule has 0 amide bonds. The maximum atomic E-state index is 4.30. The fourth-order valence-electron chi connectivity index (χ4n) is 2.17. The Labute approximate surface area is 122 Å². The van der Waals surface area contributed by atoms with Crippen LogP contribution in [0.25, 0.3) is 0 Å². The lowest BCUT2D eigenvalue weighted by molar-refractivity contribution is 0.585. The van der Waals surface area contributed by atoms with Crippen LogP contribution in [0.3, 0.4) is 0 Å². The lowest BCUT2D eigenvalue weighted by Gasteiger charge is -2.06. The van der Waals surface area contributed by atoms with Gasteiger partial charge in [0, 0.05) is 6.42 Å². The number of rotatable bonds is 11. The van der Waals surface area contributed by atoms with E-state index in [0.717, 1.165) is 18.0 Å². The average Bonchev–Trinajstić information content (AvgIpc) is 2.87. The van der Waals surface area contributed by atoms with E-state index in [1.165, 1.54) is 50.0 Å². The maximum Gasteiger partial charge on any atom is 0.134 e. The van der Waals surface area contributed by atoms with Crippen molar-refractivity contribution in [2.75, 3.05) is 6.54 Å². The minimum absolute atomic E-state index is 0.338. The van der Waals surface area contributed by atoms with Crippen molar-refractivity contribution in [1.82, 2.24) is 15.5 Å². The van der Waals surface area contributed by atoms with Crippen molar-refractivity contribution in [3.05, 3.63) is 10.0 Å². The van der Waals surface area contributed by atoms with Gasteiger partial charge in [-0.2, -0.15) is 0 Å². The topological polar surface area (TPSA) is 37.8 Å². The molecule has 0 spiro atoms. The highest BCUT2D eigenvalue weighted by Crippen LogP contribution is 2.19. The zero-order valence-electron chi connectivity index (χ0n) is 12.7. The van der Waals surface area contributed by atoms with Crippen molar-refractivity contribution in [3.8, 4) is 0 Å². The van der Waals surface area contributed by atoms with E-state index in [4.69, 9.17) is 0 Å². The molecule has 1 aromatic rings. The minimum atomic E-state index is 0.338. The van der Waals surface area contributed by atoms with Gasteiger partial charge in [0.1, 0.15) is 10.0 Å². The second-order valence-corrected chi connectivity index (χ2v) is 6.28. The van der Waals surface area contributed by atoms with Crippen molar-refractivity contribution in [2.24, 2.45) is 0 Å². The molecular weight excluding hydrogens is 254 g/mol. The minimum Gasteiger partial charge on any atom is -0.308 e. The number of hydrogen-bond donors (Lipinski definition) is 1. The highest BCUT2D eigenvalue weighted by Gasteiger charge is 2.10. The molecule has 110 valence electrons. The summed E-state index contributed by atoms with van der Waals surface area (Å²) in [4.78, 5) is 0. The van der Waals surface area contributed by atoms with Gasteiger partial charge in [-0.05, 0) is 19.9 Å². The number of nitrogens with zero attached hydrogens (tertiary/aromatic N) is 2. The van der Waals surface area contributed by atoms with Gasteiger partial charge < -0.3 is 5.32 Å². The largest absolute Gasteiger partial charge is 0.308 e. The van der Waals surface area contributed by atoms with Crippen LogP contribution in [0.5, 0.6) is 0 Å². The molecule has 4 heteroatoms. The smallest absolute Gasteiger partial charge is 0.134 e. The normalized spacial score (nSPS) is 12.8. The van der Waals surface area contributed by atoms with Crippen LogP contribution in [0, 0.1) is 0 Å². The Morgan fingerprint density at radius 2 is 1.68 bits per heavy atom. The number of unbranched alkanes of at least 4 members (excludes halogenated alkanes) is 6. The molecule has 0 aliphatic carbocycles. The Balaban J connectivity index is 2.13. The fraction of sp³-hybridized carbons (Fsp3) is 0.867. The molecule has 0 fully saturated rings. The third-order valence-electron chi connectivity index (χ3n) is 3.36. The SMILES string of the molecule is CCCCCCCCCc1nnc(C(C)NCC)s1. The van der Waals surface area contributed by atoms with Crippen molar-refractivity contribution < 1.29 is 0 Å². The maximum absolute atomic E-state index is 4.30. The van der Waals surface area contributed by atoms with Crippen molar-refractivity contribution in [3.63, 3.8) is 0 Å². The van der Waals surface area contributed by atoms with Crippen LogP contribution in [0.1, 0.15) is 81.8 Å². The van der Waals surface area contributed by atoms with E-state index in [1.54, 1.807) is 11.3 Å². The summed E-state index contributed by atoms with van der Waals surface area (Å²) in [5, 5.41) is 14.3. The summed E-state index contributed by atoms with van der Waals surface area (Å²) < 4.78 is 0. The highest BCUT2D eigenvalue weighted by atomic mass is 32.1. The summed E-state index contributed by atoms with van der Waals surface area (Å²) >= 11 is 1.77. The molecule has 0 aliphatic heterocycles. The van der Waals surface area contributed by atoms with E-state index in [-0.39, 0.29) is 0 Å². The van der Waals surface area contributed by atoms with Crippen molar-refractivity contribution in [2.45, 2.75) is 78.2 Å². The van der Waals surface area contributed by atoms with Crippen molar-refractivity contribution >= 4 is 11.3 Å². The number of aryl methyl sites for hydroxylation is 1. The lowest BCUT2D eigenvalue weighted by atomic mass is 10.1. The molecule has 0 saturated carbocycles. The first kappa shape index (κ1) is 16.6. The molecule has 0 aromatic carbocycles. The van der Waals surface area contributed by atoms with E-state index in [2.05, 4.69) is 36.3 Å². The molecular formula is C15H29N3S. The fourth-order valence-corrected chi connectivity index (χ4v) is 3.08. The van der Waals surface area contributed by atoms with Gasteiger partial charge in [0.2, 0.25) is 0 Å². The van der Waals surface area contributed by atoms with E-state index in [1.807, 2.05) is 0 Å². The standard InChI is InChI=1S/C15H29N3S/c1-4-6-7-8-9-10-11-12-14-17-18-15(19-14)13(3)16-5-2/h13,16H,4-12H2,1-3H3. The third kappa shape index (κ3) is 7.02. The van der Waals surface area contributed by atoms with Gasteiger partial charge in [0.25, 0.3) is 0 Å². The van der Waals surface area contributed by atoms with Crippen LogP contribution in [0.2, 0.25) is 0 Å². The van der Waals surface area contributed by atoms with Gasteiger partial charge in [0.15, 0.2) is 0 Å². The van der Waals surface area contributed by atoms with Crippen LogP contribution in [0.15, 0.2) is 0 Å². The molecule has 0 aliphatic rings. The second-order valence-electron chi connectivity index (χ2n) is 5.18. The first-order valence-corrected chi connectivity index (χ1v) is 8.65. The Kier molecular flexibility index (Phi) is 9.01. The molecule has 1 atom stereocenters. The number of aromatic nitrogens is 2. The van der Waals surface area contributed by atoms with Crippen LogP contribution < -0.4 is 5.32 Å². The van der Waals surface area contributed by atoms with Gasteiger partial charge in [-0.1, -0.05) is 63.7 Å². The zero-order chi connectivity index (χ0) is 13.9. The Hall–Kier alpha value is -0.480. The molecule has 1 heterocycles. The Bertz CT molecular complexity index is 325. The molecule has 1 aromatic heterocycles. The molecule has 19 heavy (non-hydrogen) atoms. The third-order valence-corrected chi connectivity index (χ3v) is 4.52.